The zero-order chi connectivity index (χ0) is 23.4. The van der Waals surface area contributed by atoms with Crippen molar-refractivity contribution in [2.45, 2.75) is 0 Å². The molecular weight excluding hydrogens is 452 g/mol. The Labute approximate surface area is 206 Å². The van der Waals surface area contributed by atoms with Crippen molar-refractivity contribution in [3.63, 3.8) is 0 Å². The number of hydrogen-bond acceptors (Lipinski definition) is 2. The van der Waals surface area contributed by atoms with Crippen molar-refractivity contribution in [3.8, 4) is 33.6 Å². The molecule has 7 aromatic rings. The maximum absolute atomic E-state index is 6.35. The Morgan fingerprint density at radius 2 is 1.46 bits per heavy atom. The summed E-state index contributed by atoms with van der Waals surface area (Å²) in [7, 11) is 0. The highest BCUT2D eigenvalue weighted by atomic mass is 35.5. The lowest BCUT2D eigenvalue weighted by atomic mass is 9.96. The molecule has 166 valence electrons. The molecule has 0 aliphatic carbocycles. The number of nitrogens with zero attached hydrogens (tertiary/aromatic N) is 2. The summed E-state index contributed by atoms with van der Waals surface area (Å²) >= 11 is 6.35. The minimum absolute atomic E-state index is 0.696. The quantitative estimate of drug-likeness (QED) is 0.258. The molecule has 0 atom stereocenters. The van der Waals surface area contributed by atoms with Crippen LogP contribution in [0.4, 0.5) is 0 Å². The number of halogens is 1. The number of pyridine rings is 1. The third kappa shape index (κ3) is 3.24. The van der Waals surface area contributed by atoms with Gasteiger partial charge in [0.2, 0.25) is 0 Å². The zero-order valence-electron chi connectivity index (χ0n) is 18.7. The Morgan fingerprint density at radius 3 is 2.37 bits per heavy atom. The van der Waals surface area contributed by atoms with E-state index in [4.69, 9.17) is 21.0 Å². The summed E-state index contributed by atoms with van der Waals surface area (Å²) in [6, 6.07) is 37.1. The molecule has 4 heteroatoms. The third-order valence-electron chi connectivity index (χ3n) is 6.48. The van der Waals surface area contributed by atoms with Gasteiger partial charge >= 0.3 is 0 Å². The predicted molar refractivity (Wildman–Crippen MR) is 144 cm³/mol. The molecule has 35 heavy (non-hydrogen) atoms. The molecule has 0 aliphatic rings. The largest absolute Gasteiger partial charge is 0.456 e. The van der Waals surface area contributed by atoms with Crippen LogP contribution < -0.4 is 0 Å². The molecule has 0 radical (unpaired) electrons. The number of furan rings is 1. The maximum Gasteiger partial charge on any atom is 0.137 e. The summed E-state index contributed by atoms with van der Waals surface area (Å²) in [4.78, 5) is 4.99. The first-order chi connectivity index (χ1) is 17.3. The zero-order valence-corrected chi connectivity index (χ0v) is 19.4. The van der Waals surface area contributed by atoms with E-state index in [2.05, 4.69) is 65.2 Å². The minimum atomic E-state index is 0.696. The van der Waals surface area contributed by atoms with Crippen LogP contribution in [0.25, 0.3) is 61.2 Å². The number of fused-ring (bicyclic) bond motifs is 4. The van der Waals surface area contributed by atoms with Crippen molar-refractivity contribution in [2.24, 2.45) is 0 Å². The summed E-state index contributed by atoms with van der Waals surface area (Å²) in [6.07, 6.45) is 2.07. The fourth-order valence-electron chi connectivity index (χ4n) is 4.94. The van der Waals surface area contributed by atoms with Crippen LogP contribution in [-0.2, 0) is 0 Å². The van der Waals surface area contributed by atoms with Crippen molar-refractivity contribution >= 4 is 39.2 Å². The molecule has 3 heterocycles. The SMILES string of the molecule is Clc1ccc2oc3cccc(-c4cccc(-c5c(-c6ccccc6)nc6ccccn56)c4)c3c2c1. The van der Waals surface area contributed by atoms with Crippen LogP contribution in [0.2, 0.25) is 5.02 Å². The van der Waals surface area contributed by atoms with Gasteiger partial charge in [-0.2, -0.15) is 0 Å². The van der Waals surface area contributed by atoms with Gasteiger partial charge < -0.3 is 4.42 Å². The molecular formula is C31H19ClN2O. The molecule has 0 saturated carbocycles. The molecule has 0 N–H and O–H groups in total. The van der Waals surface area contributed by atoms with Gasteiger partial charge in [0.15, 0.2) is 0 Å². The third-order valence-corrected chi connectivity index (χ3v) is 6.72. The van der Waals surface area contributed by atoms with Crippen molar-refractivity contribution in [2.75, 3.05) is 0 Å². The molecule has 3 nitrogen and oxygen atoms in total. The Bertz CT molecular complexity index is 1860. The van der Waals surface area contributed by atoms with Crippen molar-refractivity contribution in [3.05, 3.63) is 120 Å². The molecule has 0 unspecified atom stereocenters. The van der Waals surface area contributed by atoms with Crippen LogP contribution in [0, 0.1) is 0 Å². The van der Waals surface area contributed by atoms with Gasteiger partial charge in [-0.15, -0.1) is 0 Å². The second-order valence-electron chi connectivity index (χ2n) is 8.61. The van der Waals surface area contributed by atoms with E-state index in [0.717, 1.165) is 61.2 Å². The van der Waals surface area contributed by atoms with Crippen molar-refractivity contribution in [1.82, 2.24) is 9.38 Å². The first-order valence-electron chi connectivity index (χ1n) is 11.5. The van der Waals surface area contributed by atoms with Gasteiger partial charge in [0.05, 0.1) is 11.4 Å². The number of rotatable bonds is 3. The standard InChI is InChI=1S/C31H19ClN2O/c32-23-15-16-26-25(19-23)29-24(12-7-13-27(29)35-26)21-10-6-11-22(18-21)31-30(20-8-2-1-3-9-20)33-28-14-4-5-17-34(28)31/h1-19H. The second-order valence-corrected chi connectivity index (χ2v) is 9.04. The van der Waals surface area contributed by atoms with Gasteiger partial charge in [-0.25, -0.2) is 4.98 Å². The first-order valence-corrected chi connectivity index (χ1v) is 11.9. The van der Waals surface area contributed by atoms with E-state index in [0.29, 0.717) is 5.02 Å². The van der Waals surface area contributed by atoms with Gasteiger partial charge in [-0.3, -0.25) is 4.40 Å². The number of aromatic nitrogens is 2. The summed E-state index contributed by atoms with van der Waals surface area (Å²) in [5.74, 6) is 0. The topological polar surface area (TPSA) is 30.4 Å². The van der Waals surface area contributed by atoms with E-state index in [1.165, 1.54) is 0 Å². The molecule has 7 rings (SSSR count). The van der Waals surface area contributed by atoms with Crippen molar-refractivity contribution < 1.29 is 4.42 Å². The summed E-state index contributed by atoms with van der Waals surface area (Å²) in [5, 5.41) is 2.79. The van der Waals surface area contributed by atoms with E-state index >= 15 is 0 Å². The van der Waals surface area contributed by atoms with Crippen LogP contribution in [0.5, 0.6) is 0 Å². The maximum atomic E-state index is 6.35. The van der Waals surface area contributed by atoms with Crippen LogP contribution in [0.3, 0.4) is 0 Å². The average molecular weight is 471 g/mol. The lowest BCUT2D eigenvalue weighted by Crippen LogP contribution is -1.90. The Kier molecular flexibility index (Phi) is 4.51. The van der Waals surface area contributed by atoms with Crippen LogP contribution in [0.1, 0.15) is 0 Å². The number of imidazole rings is 1. The molecule has 4 aromatic carbocycles. The molecule has 0 saturated heterocycles. The van der Waals surface area contributed by atoms with Crippen molar-refractivity contribution in [1.29, 1.82) is 0 Å². The number of hydrogen-bond donors (Lipinski definition) is 0. The summed E-state index contributed by atoms with van der Waals surface area (Å²) in [5.41, 5.74) is 9.06. The fraction of sp³-hybridized carbons (Fsp3) is 0. The summed E-state index contributed by atoms with van der Waals surface area (Å²) in [6.45, 7) is 0. The molecule has 0 fully saturated rings. The highest BCUT2D eigenvalue weighted by molar-refractivity contribution is 6.32. The molecule has 0 spiro atoms. The van der Waals surface area contributed by atoms with Crippen LogP contribution >= 0.6 is 11.6 Å². The lowest BCUT2D eigenvalue weighted by Gasteiger charge is -2.09. The average Bonchev–Trinajstić information content (AvgIpc) is 3.48. The van der Waals surface area contributed by atoms with E-state index in [1.807, 2.05) is 54.6 Å². The number of benzene rings is 4. The Balaban J connectivity index is 1.49. The minimum Gasteiger partial charge on any atom is -0.456 e. The smallest absolute Gasteiger partial charge is 0.137 e. The Hall–Kier alpha value is -4.34. The first kappa shape index (κ1) is 20.1. The van der Waals surface area contributed by atoms with E-state index in [9.17, 15) is 0 Å². The normalized spacial score (nSPS) is 11.6. The summed E-state index contributed by atoms with van der Waals surface area (Å²) < 4.78 is 8.30. The van der Waals surface area contributed by atoms with Crippen LogP contribution in [-0.4, -0.2) is 9.38 Å². The van der Waals surface area contributed by atoms with Crippen LogP contribution in [0.15, 0.2) is 120 Å². The van der Waals surface area contributed by atoms with Gasteiger partial charge in [-0.1, -0.05) is 78.3 Å². The second kappa shape index (κ2) is 7.86. The van der Waals surface area contributed by atoms with Gasteiger partial charge in [0.1, 0.15) is 16.8 Å². The van der Waals surface area contributed by atoms with E-state index < -0.39 is 0 Å². The van der Waals surface area contributed by atoms with Gasteiger partial charge in [0.25, 0.3) is 0 Å². The highest BCUT2D eigenvalue weighted by Crippen LogP contribution is 2.40. The molecule has 0 amide bonds. The highest BCUT2D eigenvalue weighted by Gasteiger charge is 2.18. The monoisotopic (exact) mass is 470 g/mol. The predicted octanol–water partition coefficient (Wildman–Crippen LogP) is 8.89. The van der Waals surface area contributed by atoms with Gasteiger partial charge in [0, 0.05) is 33.1 Å². The molecule has 0 aliphatic heterocycles. The van der Waals surface area contributed by atoms with E-state index in [1.54, 1.807) is 0 Å². The molecule has 0 bridgehead atoms. The fourth-order valence-corrected chi connectivity index (χ4v) is 5.11. The van der Waals surface area contributed by atoms with Gasteiger partial charge in [-0.05, 0) is 53.6 Å². The Morgan fingerprint density at radius 1 is 0.657 bits per heavy atom. The lowest BCUT2D eigenvalue weighted by molar-refractivity contribution is 0.669. The van der Waals surface area contributed by atoms with E-state index in [-0.39, 0.29) is 0 Å². The molecule has 3 aromatic heterocycles.